The average Bonchev–Trinajstić information content (AvgIpc) is 3.41. The van der Waals surface area contributed by atoms with E-state index in [0.29, 0.717) is 0 Å². The molecule has 4 aromatic carbocycles. The number of carboxylic acid groups (broad SMARTS) is 2. The molecule has 0 fully saturated rings. The van der Waals surface area contributed by atoms with Crippen molar-refractivity contribution in [3.05, 3.63) is 111 Å². The molecule has 37 heavy (non-hydrogen) atoms. The standard InChI is InChI=1S/2C15H12NO2.Y/c2*1-10(15(17)18)16-13-8-4-2-6-11(13)12-7-3-5-9-14(12)16;/h2*2-10H,1H2,(H,17,18);/q2*-1;/t2*10-;/m11./s1. The number of aromatic nitrogens is 2. The minimum Gasteiger partial charge on any atom is -0.482 e. The van der Waals surface area contributed by atoms with Crippen LogP contribution in [-0.4, -0.2) is 31.3 Å². The number of carboxylic acids is 2. The summed E-state index contributed by atoms with van der Waals surface area (Å²) in [7, 11) is 0. The van der Waals surface area contributed by atoms with Crippen molar-refractivity contribution in [1.29, 1.82) is 0 Å². The van der Waals surface area contributed by atoms with E-state index in [1.54, 1.807) is 9.13 Å². The summed E-state index contributed by atoms with van der Waals surface area (Å²) >= 11 is 0. The molecule has 0 amide bonds. The Bertz CT molecular complexity index is 1510. The Morgan fingerprint density at radius 1 is 0.514 bits per heavy atom. The summed E-state index contributed by atoms with van der Waals surface area (Å²) in [4.78, 5) is 22.4. The summed E-state index contributed by atoms with van der Waals surface area (Å²) < 4.78 is 3.54. The Labute approximate surface area is 239 Å². The zero-order valence-electron chi connectivity index (χ0n) is 20.0. The van der Waals surface area contributed by atoms with Crippen LogP contribution in [0.2, 0.25) is 0 Å². The van der Waals surface area contributed by atoms with E-state index in [1.165, 1.54) is 0 Å². The monoisotopic (exact) mass is 565 g/mol. The third-order valence-corrected chi connectivity index (χ3v) is 6.43. The van der Waals surface area contributed by atoms with Crippen molar-refractivity contribution in [2.24, 2.45) is 0 Å². The molecule has 0 aliphatic rings. The molecule has 0 unspecified atom stereocenters. The largest absolute Gasteiger partial charge is 0.482 e. The molecule has 0 aliphatic heterocycles. The second-order valence-corrected chi connectivity index (χ2v) is 8.52. The maximum absolute atomic E-state index is 11.2. The fourth-order valence-electron chi connectivity index (χ4n) is 4.80. The van der Waals surface area contributed by atoms with Crippen LogP contribution in [0.25, 0.3) is 43.6 Å². The number of hydrogen-bond acceptors (Lipinski definition) is 2. The van der Waals surface area contributed by atoms with Crippen molar-refractivity contribution >= 4 is 55.6 Å². The van der Waals surface area contributed by atoms with Gasteiger partial charge in [0.05, 0.1) is 0 Å². The second kappa shape index (κ2) is 10.9. The molecular weight excluding hydrogens is 541 g/mol. The van der Waals surface area contributed by atoms with Crippen LogP contribution >= 0.6 is 0 Å². The molecule has 2 aromatic heterocycles. The van der Waals surface area contributed by atoms with Crippen LogP contribution in [-0.2, 0) is 42.3 Å². The van der Waals surface area contributed by atoms with Crippen LogP contribution in [0.4, 0.5) is 0 Å². The molecule has 6 aromatic rings. The Hall–Kier alpha value is -3.48. The molecule has 0 aliphatic carbocycles. The number of aliphatic carboxylic acids is 2. The molecule has 2 N–H and O–H groups in total. The van der Waals surface area contributed by atoms with Gasteiger partial charge in [-0.2, -0.15) is 0 Å². The predicted octanol–water partition coefficient (Wildman–Crippen LogP) is 6.51. The normalized spacial score (nSPS) is 12.6. The molecule has 2 heterocycles. The Kier molecular flexibility index (Phi) is 7.81. The first-order valence-corrected chi connectivity index (χ1v) is 11.5. The molecule has 0 bridgehead atoms. The molecule has 0 saturated carbocycles. The van der Waals surface area contributed by atoms with E-state index in [-0.39, 0.29) is 32.7 Å². The van der Waals surface area contributed by atoms with Gasteiger partial charge in [0.25, 0.3) is 11.9 Å². The number of fused-ring (bicyclic) bond motifs is 6. The number of benzene rings is 4. The summed E-state index contributed by atoms with van der Waals surface area (Å²) in [6.45, 7) is 7.49. The van der Waals surface area contributed by atoms with Crippen molar-refractivity contribution in [3.63, 3.8) is 0 Å². The van der Waals surface area contributed by atoms with E-state index in [9.17, 15) is 19.8 Å². The predicted molar refractivity (Wildman–Crippen MR) is 143 cm³/mol. The number of nitrogens with zero attached hydrogens (tertiary/aromatic N) is 2. The van der Waals surface area contributed by atoms with Gasteiger partial charge in [0, 0.05) is 88.4 Å². The van der Waals surface area contributed by atoms with E-state index in [2.05, 4.69) is 13.8 Å². The average molecular weight is 565 g/mol. The third kappa shape index (κ3) is 4.67. The van der Waals surface area contributed by atoms with E-state index in [1.807, 2.05) is 97.1 Å². The minimum atomic E-state index is -0.929. The van der Waals surface area contributed by atoms with E-state index < -0.39 is 24.0 Å². The van der Waals surface area contributed by atoms with Gasteiger partial charge in [0.2, 0.25) is 0 Å². The first-order valence-electron chi connectivity index (χ1n) is 11.5. The summed E-state index contributed by atoms with van der Waals surface area (Å²) in [6, 6.07) is 29.5. The zero-order valence-corrected chi connectivity index (χ0v) is 22.8. The van der Waals surface area contributed by atoms with Crippen molar-refractivity contribution in [1.82, 2.24) is 9.13 Å². The van der Waals surface area contributed by atoms with Gasteiger partial charge in [-0.25, -0.2) is 0 Å². The quantitative estimate of drug-likeness (QED) is 0.239. The van der Waals surface area contributed by atoms with Crippen molar-refractivity contribution in [3.8, 4) is 0 Å². The molecule has 0 saturated heterocycles. The minimum absolute atomic E-state index is 0. The fourth-order valence-corrected chi connectivity index (χ4v) is 4.80. The Morgan fingerprint density at radius 2 is 0.730 bits per heavy atom. The van der Waals surface area contributed by atoms with Gasteiger partial charge in [0.1, 0.15) is 0 Å². The zero-order chi connectivity index (χ0) is 25.4. The molecule has 183 valence electrons. The van der Waals surface area contributed by atoms with Crippen LogP contribution in [0.5, 0.6) is 0 Å². The molecule has 7 heteroatoms. The number of carbonyl (C=O) groups is 2. The summed E-state index contributed by atoms with van der Waals surface area (Å²) in [6.07, 6.45) is 0. The van der Waals surface area contributed by atoms with Crippen molar-refractivity contribution in [2.75, 3.05) is 0 Å². The first kappa shape index (κ1) is 26.6. The van der Waals surface area contributed by atoms with Gasteiger partial charge in [0.15, 0.2) is 0 Å². The fraction of sp³-hybridized carbons (Fsp3) is 0.0667. The van der Waals surface area contributed by atoms with Gasteiger partial charge in [-0.05, 0) is 24.3 Å². The third-order valence-electron chi connectivity index (χ3n) is 6.43. The maximum atomic E-state index is 11.2. The van der Waals surface area contributed by atoms with Crippen LogP contribution in [0.3, 0.4) is 0 Å². The van der Waals surface area contributed by atoms with Gasteiger partial charge in [-0.1, -0.05) is 72.8 Å². The van der Waals surface area contributed by atoms with E-state index in [4.69, 9.17) is 0 Å². The molecule has 0 spiro atoms. The molecule has 2 atom stereocenters. The van der Waals surface area contributed by atoms with Crippen molar-refractivity contribution < 1.29 is 52.5 Å². The molecule has 6 nitrogen and oxygen atoms in total. The first-order chi connectivity index (χ1) is 17.4. The van der Waals surface area contributed by atoms with Gasteiger partial charge in [-0.15, -0.1) is 0 Å². The van der Waals surface area contributed by atoms with Crippen LogP contribution in [0.15, 0.2) is 97.1 Å². The maximum Gasteiger partial charge on any atom is 0.295 e. The number of hydrogen-bond donors (Lipinski definition) is 2. The Balaban J connectivity index is 0.000000168. The van der Waals surface area contributed by atoms with Crippen LogP contribution < -0.4 is 0 Å². The van der Waals surface area contributed by atoms with Crippen LogP contribution in [0.1, 0.15) is 12.1 Å². The van der Waals surface area contributed by atoms with Crippen LogP contribution in [0, 0.1) is 13.8 Å². The van der Waals surface area contributed by atoms with Crippen molar-refractivity contribution in [2.45, 2.75) is 12.1 Å². The van der Waals surface area contributed by atoms with Gasteiger partial charge >= 0.3 is 0 Å². The molecule has 1 radical (unpaired) electrons. The Morgan fingerprint density at radius 3 is 0.946 bits per heavy atom. The van der Waals surface area contributed by atoms with E-state index in [0.717, 1.165) is 43.6 Å². The van der Waals surface area contributed by atoms with Gasteiger partial charge < -0.3 is 33.2 Å². The summed E-state index contributed by atoms with van der Waals surface area (Å²) in [5, 5.41) is 22.6. The SMILES string of the molecule is [CH2-][C@H](C(=O)O)n1c2ccccc2c2ccccc21.[CH2-][C@H](C(=O)O)n1c2ccccc2c2ccccc21.[Y]. The smallest absolute Gasteiger partial charge is 0.295 e. The number of para-hydroxylation sites is 4. The number of rotatable bonds is 4. The van der Waals surface area contributed by atoms with Gasteiger partial charge in [-0.3, -0.25) is 9.59 Å². The summed E-state index contributed by atoms with van der Waals surface area (Å²) in [5.74, 6) is -1.86. The molecular formula is C30H24N2O4Y-2. The topological polar surface area (TPSA) is 84.5 Å². The van der Waals surface area contributed by atoms with E-state index >= 15 is 0 Å². The summed E-state index contributed by atoms with van der Waals surface area (Å²) in [5.41, 5.74) is 3.62. The second-order valence-electron chi connectivity index (χ2n) is 8.52. The molecule has 6 rings (SSSR count).